The number of piperidine rings is 1. The van der Waals surface area contributed by atoms with Gasteiger partial charge in [0.2, 0.25) is 0 Å². The zero-order chi connectivity index (χ0) is 22.2. The van der Waals surface area contributed by atoms with Crippen molar-refractivity contribution in [3.05, 3.63) is 54.2 Å². The fourth-order valence-corrected chi connectivity index (χ4v) is 4.99. The van der Waals surface area contributed by atoms with E-state index in [1.165, 1.54) is 30.9 Å². The van der Waals surface area contributed by atoms with E-state index >= 15 is 0 Å². The van der Waals surface area contributed by atoms with E-state index in [0.29, 0.717) is 11.7 Å². The highest BCUT2D eigenvalue weighted by Gasteiger charge is 2.30. The summed E-state index contributed by atoms with van der Waals surface area (Å²) in [5, 5.41) is 0. The van der Waals surface area contributed by atoms with Crippen LogP contribution in [0.5, 0.6) is 0 Å². The summed E-state index contributed by atoms with van der Waals surface area (Å²) in [5.74, 6) is 3.13. The van der Waals surface area contributed by atoms with Crippen LogP contribution in [0.1, 0.15) is 36.6 Å². The summed E-state index contributed by atoms with van der Waals surface area (Å²) in [6, 6.07) is 10.5. The number of hydrogen-bond donors (Lipinski definition) is 1. The summed E-state index contributed by atoms with van der Waals surface area (Å²) in [5.41, 5.74) is 10.4. The highest BCUT2D eigenvalue weighted by atomic mass is 15.2. The van der Waals surface area contributed by atoms with Crippen LogP contribution in [0.25, 0.3) is 11.3 Å². The molecule has 6 rings (SSSR count). The molecule has 3 aliphatic rings. The zero-order valence-corrected chi connectivity index (χ0v) is 18.9. The minimum Gasteiger partial charge on any atom is -0.383 e. The molecule has 0 atom stereocenters. The summed E-state index contributed by atoms with van der Waals surface area (Å²) >= 11 is 0. The van der Waals surface area contributed by atoms with Gasteiger partial charge in [0.25, 0.3) is 0 Å². The van der Waals surface area contributed by atoms with Gasteiger partial charge in [-0.1, -0.05) is 30.3 Å². The van der Waals surface area contributed by atoms with Crippen LogP contribution in [0.2, 0.25) is 0 Å². The fourth-order valence-electron chi connectivity index (χ4n) is 4.99. The van der Waals surface area contributed by atoms with Gasteiger partial charge in [-0.05, 0) is 32.4 Å². The smallest absolute Gasteiger partial charge is 0.143 e. The lowest BCUT2D eigenvalue weighted by Crippen LogP contribution is -2.39. The van der Waals surface area contributed by atoms with E-state index in [1.54, 1.807) is 6.33 Å². The number of imidazole rings is 1. The number of rotatable bonds is 7. The Kier molecular flexibility index (Phi) is 5.30. The Balaban J connectivity index is 1.22. The lowest BCUT2D eigenvalue weighted by Gasteiger charge is -2.34. The van der Waals surface area contributed by atoms with Crippen LogP contribution in [-0.4, -0.2) is 69.4 Å². The number of benzene rings is 1. The van der Waals surface area contributed by atoms with Gasteiger partial charge in [-0.25, -0.2) is 15.0 Å². The molecular formula is C25H30N8. The molecule has 3 aromatic rings. The first-order valence-electron chi connectivity index (χ1n) is 12.0. The molecular weight excluding hydrogens is 412 g/mol. The molecule has 8 heteroatoms. The van der Waals surface area contributed by atoms with Gasteiger partial charge in [-0.3, -0.25) is 4.99 Å². The monoisotopic (exact) mass is 442 g/mol. The standard InChI is InChI=1S/C25H30N8/c26-23-22(20-15-27-20)25(29-17-28-23)32-11-7-19(8-12-32)24-30-21(18-5-2-1-3-6-18)16-33(24)14-13-31-9-4-10-31/h1-3,5-6,16-17,19H,4,7-15H2,(H2,26,28,29). The molecule has 0 unspecified atom stereocenters. The van der Waals surface area contributed by atoms with Gasteiger partial charge in [0.15, 0.2) is 0 Å². The molecule has 2 fully saturated rings. The topological polar surface area (TPSA) is 88.5 Å². The van der Waals surface area contributed by atoms with Crippen molar-refractivity contribution in [1.82, 2.24) is 24.4 Å². The zero-order valence-electron chi connectivity index (χ0n) is 18.9. The second kappa shape index (κ2) is 8.59. The van der Waals surface area contributed by atoms with Crippen LogP contribution in [-0.2, 0) is 6.54 Å². The molecule has 0 spiro atoms. The van der Waals surface area contributed by atoms with Crippen LogP contribution in [0.15, 0.2) is 47.8 Å². The van der Waals surface area contributed by atoms with Gasteiger partial charge < -0.3 is 20.1 Å². The second-order valence-electron chi connectivity index (χ2n) is 9.22. The molecule has 0 radical (unpaired) electrons. The van der Waals surface area contributed by atoms with Gasteiger partial charge in [-0.2, -0.15) is 0 Å². The average molecular weight is 443 g/mol. The Labute approximate surface area is 194 Å². The van der Waals surface area contributed by atoms with Crippen molar-refractivity contribution in [2.24, 2.45) is 4.99 Å². The number of nitrogens with zero attached hydrogens (tertiary/aromatic N) is 7. The van der Waals surface area contributed by atoms with Crippen LogP contribution in [0, 0.1) is 0 Å². The molecule has 2 N–H and O–H groups in total. The number of hydrogen-bond acceptors (Lipinski definition) is 7. The molecule has 0 bridgehead atoms. The highest BCUT2D eigenvalue weighted by Crippen LogP contribution is 2.34. The number of likely N-dealkylation sites (tertiary alicyclic amines) is 1. The lowest BCUT2D eigenvalue weighted by molar-refractivity contribution is 0.173. The summed E-state index contributed by atoms with van der Waals surface area (Å²) in [4.78, 5) is 23.1. The predicted molar refractivity (Wildman–Crippen MR) is 131 cm³/mol. The van der Waals surface area contributed by atoms with Crippen molar-refractivity contribution in [3.63, 3.8) is 0 Å². The molecule has 5 heterocycles. The number of anilines is 2. The molecule has 2 saturated heterocycles. The second-order valence-corrected chi connectivity index (χ2v) is 9.22. The molecule has 8 nitrogen and oxygen atoms in total. The molecule has 0 saturated carbocycles. The van der Waals surface area contributed by atoms with E-state index in [4.69, 9.17) is 10.7 Å². The summed E-state index contributed by atoms with van der Waals surface area (Å²) in [6.07, 6.45) is 7.24. The Morgan fingerprint density at radius 2 is 1.76 bits per heavy atom. The number of aromatic nitrogens is 4. The molecule has 0 amide bonds. The first-order valence-corrected chi connectivity index (χ1v) is 12.0. The Morgan fingerprint density at radius 1 is 0.970 bits per heavy atom. The Morgan fingerprint density at radius 3 is 2.45 bits per heavy atom. The third kappa shape index (κ3) is 4.11. The van der Waals surface area contributed by atoms with Crippen molar-refractivity contribution in [2.45, 2.75) is 31.7 Å². The van der Waals surface area contributed by atoms with Gasteiger partial charge in [0.05, 0.1) is 23.5 Å². The van der Waals surface area contributed by atoms with Crippen LogP contribution in [0.4, 0.5) is 11.6 Å². The first kappa shape index (κ1) is 20.4. The van der Waals surface area contributed by atoms with Gasteiger partial charge in [0.1, 0.15) is 23.8 Å². The van der Waals surface area contributed by atoms with Crippen LogP contribution < -0.4 is 10.6 Å². The SMILES string of the molecule is Nc1ncnc(N2CCC(c3nc(-c4ccccc4)cn3CCN3CCC3)CC2)c1C1=NC1. The van der Waals surface area contributed by atoms with E-state index in [1.807, 2.05) is 0 Å². The molecule has 0 aliphatic carbocycles. The average Bonchev–Trinajstić information content (AvgIpc) is 3.57. The minimum atomic E-state index is 0.441. The van der Waals surface area contributed by atoms with E-state index in [-0.39, 0.29) is 0 Å². The summed E-state index contributed by atoms with van der Waals surface area (Å²) in [7, 11) is 0. The molecule has 33 heavy (non-hydrogen) atoms. The van der Waals surface area contributed by atoms with Crippen molar-refractivity contribution >= 4 is 17.3 Å². The van der Waals surface area contributed by atoms with Gasteiger partial charge >= 0.3 is 0 Å². The van der Waals surface area contributed by atoms with Crippen molar-refractivity contribution < 1.29 is 0 Å². The van der Waals surface area contributed by atoms with Crippen LogP contribution in [0.3, 0.4) is 0 Å². The maximum absolute atomic E-state index is 6.16. The largest absolute Gasteiger partial charge is 0.383 e. The normalized spacial score (nSPS) is 18.8. The molecule has 2 aromatic heterocycles. The van der Waals surface area contributed by atoms with Crippen LogP contribution >= 0.6 is 0 Å². The number of nitrogens with two attached hydrogens (primary N) is 1. The van der Waals surface area contributed by atoms with Crippen molar-refractivity contribution in [3.8, 4) is 11.3 Å². The number of nitrogen functional groups attached to an aromatic ring is 1. The summed E-state index contributed by atoms with van der Waals surface area (Å²) < 4.78 is 2.41. The van der Waals surface area contributed by atoms with E-state index < -0.39 is 0 Å². The Hall–Kier alpha value is -3.26. The highest BCUT2D eigenvalue weighted by molar-refractivity contribution is 6.16. The molecule has 1 aromatic carbocycles. The quantitative estimate of drug-likeness (QED) is 0.605. The van der Waals surface area contributed by atoms with Crippen molar-refractivity contribution in [2.75, 3.05) is 49.9 Å². The molecule has 170 valence electrons. The first-order chi connectivity index (χ1) is 16.3. The van der Waals surface area contributed by atoms with E-state index in [0.717, 1.165) is 68.4 Å². The maximum Gasteiger partial charge on any atom is 0.143 e. The maximum atomic E-state index is 6.16. The van der Waals surface area contributed by atoms with Crippen molar-refractivity contribution in [1.29, 1.82) is 0 Å². The minimum absolute atomic E-state index is 0.441. The molecule has 3 aliphatic heterocycles. The van der Waals surface area contributed by atoms with Gasteiger partial charge in [-0.15, -0.1) is 0 Å². The third-order valence-electron chi connectivity index (χ3n) is 7.10. The third-order valence-corrected chi connectivity index (χ3v) is 7.10. The van der Waals surface area contributed by atoms with Gasteiger partial charge in [0, 0.05) is 43.9 Å². The fraction of sp³-hybridized carbons (Fsp3) is 0.440. The lowest BCUT2D eigenvalue weighted by atomic mass is 9.95. The van der Waals surface area contributed by atoms with E-state index in [2.05, 4.69) is 65.9 Å². The number of aliphatic imine (C=N–C) groups is 1. The predicted octanol–water partition coefficient (Wildman–Crippen LogP) is 2.81. The summed E-state index contributed by atoms with van der Waals surface area (Å²) in [6.45, 7) is 7.16. The Bertz CT molecular complexity index is 1160. The van der Waals surface area contributed by atoms with E-state index in [9.17, 15) is 0 Å².